The first-order valence-corrected chi connectivity index (χ1v) is 11.6. The summed E-state index contributed by atoms with van der Waals surface area (Å²) in [5, 5.41) is 0. The molecule has 7 unspecified atom stereocenters. The third-order valence-electron chi connectivity index (χ3n) is 9.62. The number of hydrogen-bond acceptors (Lipinski definition) is 3. The molecule has 156 valence electrons. The highest BCUT2D eigenvalue weighted by Gasteiger charge is 2.62. The van der Waals surface area contributed by atoms with Crippen LogP contribution in [-0.4, -0.2) is 18.9 Å². The van der Waals surface area contributed by atoms with Gasteiger partial charge in [-0.25, -0.2) is 0 Å². The molecule has 0 bridgehead atoms. The predicted octanol–water partition coefficient (Wildman–Crippen LogP) is 5.72. The summed E-state index contributed by atoms with van der Waals surface area (Å²) in [4.78, 5) is 25.1. The Hall–Kier alpha value is -1.12. The second-order valence-electron chi connectivity index (χ2n) is 10.7. The first kappa shape index (κ1) is 20.2. The zero-order valence-electron chi connectivity index (χ0n) is 18.3. The lowest BCUT2D eigenvalue weighted by Crippen LogP contribution is -2.55. The molecule has 0 aliphatic heterocycles. The number of ether oxygens (including phenoxy) is 1. The Bertz CT molecular complexity index is 679. The molecule has 4 aliphatic rings. The molecule has 3 saturated carbocycles. The van der Waals surface area contributed by atoms with Crippen LogP contribution in [0.2, 0.25) is 0 Å². The fourth-order valence-electron chi connectivity index (χ4n) is 8.04. The molecule has 0 aromatic carbocycles. The highest BCUT2D eigenvalue weighted by atomic mass is 16.5. The van der Waals surface area contributed by atoms with Crippen LogP contribution >= 0.6 is 0 Å². The van der Waals surface area contributed by atoms with E-state index in [0.717, 1.165) is 31.6 Å². The van der Waals surface area contributed by atoms with Crippen LogP contribution < -0.4 is 0 Å². The summed E-state index contributed by atoms with van der Waals surface area (Å²) in [5.41, 5.74) is 1.60. The smallest absolute Gasteiger partial charge is 0.305 e. The van der Waals surface area contributed by atoms with Crippen LogP contribution in [0.4, 0.5) is 0 Å². The van der Waals surface area contributed by atoms with Crippen molar-refractivity contribution in [3.05, 3.63) is 11.6 Å². The second-order valence-corrected chi connectivity index (χ2v) is 10.7. The molecule has 0 aromatic heterocycles. The third-order valence-corrected chi connectivity index (χ3v) is 9.62. The molecular weight excluding hydrogens is 348 g/mol. The van der Waals surface area contributed by atoms with Gasteiger partial charge in [-0.15, -0.1) is 0 Å². The Labute approximate surface area is 170 Å². The van der Waals surface area contributed by atoms with E-state index >= 15 is 0 Å². The van der Waals surface area contributed by atoms with Crippen molar-refractivity contribution in [3.8, 4) is 0 Å². The molecule has 3 fully saturated rings. The minimum Gasteiger partial charge on any atom is -0.469 e. The van der Waals surface area contributed by atoms with Crippen LogP contribution in [0.1, 0.15) is 85.0 Å². The summed E-state index contributed by atoms with van der Waals surface area (Å²) in [6.07, 6.45) is 13.3. The number of Topliss-reactive ketones (excluding diaryl/α,β-unsaturated/α-hetero) is 1. The number of hydrogen-bond donors (Lipinski definition) is 0. The fourth-order valence-corrected chi connectivity index (χ4v) is 8.04. The average molecular weight is 387 g/mol. The summed E-state index contributed by atoms with van der Waals surface area (Å²) in [7, 11) is 1.46. The normalized spacial score (nSPS) is 44.9. The van der Waals surface area contributed by atoms with Crippen molar-refractivity contribution in [2.45, 2.75) is 85.0 Å². The van der Waals surface area contributed by atoms with Crippen molar-refractivity contribution in [3.63, 3.8) is 0 Å². The monoisotopic (exact) mass is 386 g/mol. The van der Waals surface area contributed by atoms with Gasteiger partial charge in [-0.2, -0.15) is 0 Å². The van der Waals surface area contributed by atoms with Crippen LogP contribution in [0.3, 0.4) is 0 Å². The van der Waals surface area contributed by atoms with Crippen LogP contribution in [0.15, 0.2) is 11.6 Å². The molecule has 28 heavy (non-hydrogen) atoms. The first-order chi connectivity index (χ1) is 13.3. The van der Waals surface area contributed by atoms with Gasteiger partial charge in [0.2, 0.25) is 0 Å². The van der Waals surface area contributed by atoms with Crippen LogP contribution in [-0.2, 0) is 14.3 Å². The topological polar surface area (TPSA) is 43.4 Å². The number of carbonyl (C=O) groups is 2. The average Bonchev–Trinajstić information content (AvgIpc) is 3.00. The van der Waals surface area contributed by atoms with Gasteiger partial charge >= 0.3 is 5.97 Å². The molecule has 0 heterocycles. The van der Waals surface area contributed by atoms with Gasteiger partial charge < -0.3 is 4.74 Å². The molecule has 0 spiro atoms. The number of methoxy groups -OCH3 is 1. The molecule has 0 radical (unpaired) electrons. The lowest BCUT2D eigenvalue weighted by molar-refractivity contribution is -0.150. The Kier molecular flexibility index (Phi) is 5.25. The van der Waals surface area contributed by atoms with E-state index in [1.54, 1.807) is 0 Å². The van der Waals surface area contributed by atoms with E-state index in [0.29, 0.717) is 35.9 Å². The minimum absolute atomic E-state index is 0.125. The number of esters is 1. The quantitative estimate of drug-likeness (QED) is 0.458. The SMILES string of the molecule is COC(=O)CCCC1CCC2C3CCC4CCC(C)=CC4(C)C3CC(=O)C12C. The molecule has 0 aromatic rings. The van der Waals surface area contributed by atoms with E-state index in [-0.39, 0.29) is 16.8 Å². The van der Waals surface area contributed by atoms with E-state index < -0.39 is 0 Å². The molecule has 3 heteroatoms. The highest BCUT2D eigenvalue weighted by molar-refractivity contribution is 5.87. The largest absolute Gasteiger partial charge is 0.469 e. The number of ketones is 1. The van der Waals surface area contributed by atoms with Gasteiger partial charge in [-0.05, 0) is 93.3 Å². The number of fused-ring (bicyclic) bond motifs is 5. The summed E-state index contributed by atoms with van der Waals surface area (Å²) in [6.45, 7) is 7.03. The summed E-state index contributed by atoms with van der Waals surface area (Å²) in [5.74, 6) is 3.42. The van der Waals surface area contributed by atoms with E-state index in [4.69, 9.17) is 4.74 Å². The van der Waals surface area contributed by atoms with Gasteiger partial charge in [-0.1, -0.05) is 25.5 Å². The van der Waals surface area contributed by atoms with Gasteiger partial charge in [0.05, 0.1) is 7.11 Å². The maximum Gasteiger partial charge on any atom is 0.305 e. The lowest BCUT2D eigenvalue weighted by atomic mass is 9.45. The zero-order chi connectivity index (χ0) is 20.1. The van der Waals surface area contributed by atoms with Gasteiger partial charge in [0.1, 0.15) is 5.78 Å². The first-order valence-electron chi connectivity index (χ1n) is 11.6. The molecule has 0 saturated heterocycles. The summed E-state index contributed by atoms with van der Waals surface area (Å²) < 4.78 is 4.80. The van der Waals surface area contributed by atoms with E-state index in [1.165, 1.54) is 44.8 Å². The molecule has 4 rings (SSSR count). The highest BCUT2D eigenvalue weighted by Crippen LogP contribution is 2.66. The number of carbonyl (C=O) groups excluding carboxylic acids is 2. The van der Waals surface area contributed by atoms with Gasteiger partial charge in [0, 0.05) is 18.3 Å². The van der Waals surface area contributed by atoms with Crippen molar-refractivity contribution < 1.29 is 14.3 Å². The van der Waals surface area contributed by atoms with Crippen LogP contribution in [0.25, 0.3) is 0 Å². The number of allylic oxidation sites excluding steroid dienone is 2. The third kappa shape index (κ3) is 2.99. The van der Waals surface area contributed by atoms with Crippen molar-refractivity contribution >= 4 is 11.8 Å². The lowest BCUT2D eigenvalue weighted by Gasteiger charge is -2.58. The van der Waals surface area contributed by atoms with E-state index in [1.807, 2.05) is 0 Å². The maximum atomic E-state index is 13.6. The van der Waals surface area contributed by atoms with Crippen molar-refractivity contribution in [1.29, 1.82) is 0 Å². The van der Waals surface area contributed by atoms with Gasteiger partial charge in [0.15, 0.2) is 0 Å². The number of rotatable bonds is 4. The minimum atomic E-state index is -0.159. The Balaban J connectivity index is 1.55. The summed E-state index contributed by atoms with van der Waals surface area (Å²) >= 11 is 0. The van der Waals surface area contributed by atoms with Crippen molar-refractivity contribution in [2.75, 3.05) is 7.11 Å². The fraction of sp³-hybridized carbons (Fsp3) is 0.840. The Morgan fingerprint density at radius 2 is 1.93 bits per heavy atom. The van der Waals surface area contributed by atoms with Gasteiger partial charge in [0.25, 0.3) is 0 Å². The van der Waals surface area contributed by atoms with Crippen LogP contribution in [0, 0.1) is 40.4 Å². The van der Waals surface area contributed by atoms with E-state index in [2.05, 4.69) is 26.8 Å². The second kappa shape index (κ2) is 7.29. The predicted molar refractivity (Wildman–Crippen MR) is 111 cm³/mol. The molecule has 7 atom stereocenters. The maximum absolute atomic E-state index is 13.6. The molecular formula is C25H38O3. The summed E-state index contributed by atoms with van der Waals surface area (Å²) in [6, 6.07) is 0. The molecule has 0 N–H and O–H groups in total. The Morgan fingerprint density at radius 3 is 2.68 bits per heavy atom. The molecule has 3 nitrogen and oxygen atoms in total. The molecule has 0 amide bonds. The van der Waals surface area contributed by atoms with Crippen molar-refractivity contribution in [2.24, 2.45) is 40.4 Å². The molecule has 4 aliphatic carbocycles. The Morgan fingerprint density at radius 1 is 1.14 bits per heavy atom. The zero-order valence-corrected chi connectivity index (χ0v) is 18.3. The standard InChI is InChI=1S/C25H38O3/c1-16-8-9-17-10-12-19-20-13-11-18(6-5-7-23(27)28-4)25(20,3)22(26)14-21(19)24(17,2)15-16/h15,17-21H,5-14H2,1-4H3. The van der Waals surface area contributed by atoms with Crippen molar-refractivity contribution in [1.82, 2.24) is 0 Å². The van der Waals surface area contributed by atoms with Gasteiger partial charge in [-0.3, -0.25) is 9.59 Å². The van der Waals surface area contributed by atoms with E-state index in [9.17, 15) is 9.59 Å². The van der Waals surface area contributed by atoms with Crippen LogP contribution in [0.5, 0.6) is 0 Å².